The normalized spacial score (nSPS) is 18.0. The first-order chi connectivity index (χ1) is 16.3. The lowest BCUT2D eigenvalue weighted by Gasteiger charge is -2.31. The number of halogens is 1. The highest BCUT2D eigenvalue weighted by Crippen LogP contribution is 2.24. The summed E-state index contributed by atoms with van der Waals surface area (Å²) in [5.41, 5.74) is 1.02. The molecule has 4 rings (SSSR count). The summed E-state index contributed by atoms with van der Waals surface area (Å²) in [4.78, 5) is 27.4. The van der Waals surface area contributed by atoms with Crippen LogP contribution in [0.2, 0.25) is 5.02 Å². The number of carbonyl (C=O) groups is 2. The Bertz CT molecular complexity index is 1120. The van der Waals surface area contributed by atoms with Gasteiger partial charge in [-0.05, 0) is 62.1 Å². The van der Waals surface area contributed by atoms with Gasteiger partial charge in [-0.3, -0.25) is 9.59 Å². The largest absolute Gasteiger partial charge is 0.339 e. The molecule has 2 aromatic rings. The minimum absolute atomic E-state index is 0.00575. The van der Waals surface area contributed by atoms with E-state index in [1.54, 1.807) is 41.3 Å². The van der Waals surface area contributed by atoms with Crippen molar-refractivity contribution in [3.05, 3.63) is 59.1 Å². The van der Waals surface area contributed by atoms with E-state index in [0.717, 1.165) is 32.1 Å². The van der Waals surface area contributed by atoms with Crippen LogP contribution in [0.3, 0.4) is 0 Å². The van der Waals surface area contributed by atoms with E-state index < -0.39 is 10.0 Å². The molecular formula is C25H30ClN3O4S. The lowest BCUT2D eigenvalue weighted by atomic mass is 9.95. The standard InChI is InChI=1S/C25H30ClN3O4S/c26-23-9-5-4-8-22(23)25(31)29-16-14-18(15-17-29)24(30)27-19-10-12-21(13-11-19)34(32,33)28-20-6-2-1-3-7-20/h4-5,8-13,18,20,28H,1-3,6-7,14-17H2,(H,27,30). The van der Waals surface area contributed by atoms with Crippen LogP contribution in [0, 0.1) is 5.92 Å². The molecule has 7 nitrogen and oxygen atoms in total. The van der Waals surface area contributed by atoms with Crippen molar-refractivity contribution in [1.82, 2.24) is 9.62 Å². The topological polar surface area (TPSA) is 95.6 Å². The zero-order chi connectivity index (χ0) is 24.1. The molecule has 2 aromatic carbocycles. The second-order valence-electron chi connectivity index (χ2n) is 9.02. The van der Waals surface area contributed by atoms with Gasteiger partial charge >= 0.3 is 0 Å². The van der Waals surface area contributed by atoms with Crippen molar-refractivity contribution >= 4 is 39.1 Å². The van der Waals surface area contributed by atoms with Gasteiger partial charge in [0, 0.05) is 30.7 Å². The molecule has 34 heavy (non-hydrogen) atoms. The molecule has 0 radical (unpaired) electrons. The van der Waals surface area contributed by atoms with E-state index in [2.05, 4.69) is 10.0 Å². The van der Waals surface area contributed by atoms with Crippen molar-refractivity contribution in [2.75, 3.05) is 18.4 Å². The average Bonchev–Trinajstić information content (AvgIpc) is 2.85. The summed E-state index contributed by atoms with van der Waals surface area (Å²) in [6.07, 6.45) is 6.10. The van der Waals surface area contributed by atoms with E-state index in [1.807, 2.05) is 0 Å². The zero-order valence-electron chi connectivity index (χ0n) is 19.0. The van der Waals surface area contributed by atoms with Gasteiger partial charge in [0.25, 0.3) is 5.91 Å². The second kappa shape index (κ2) is 10.9. The fourth-order valence-corrected chi connectivity index (χ4v) is 6.14. The lowest BCUT2D eigenvalue weighted by molar-refractivity contribution is -0.121. The van der Waals surface area contributed by atoms with Gasteiger partial charge in [0.05, 0.1) is 15.5 Å². The Hall–Kier alpha value is -2.42. The van der Waals surface area contributed by atoms with Crippen molar-refractivity contribution in [3.8, 4) is 0 Å². The summed E-state index contributed by atoms with van der Waals surface area (Å²) in [6, 6.07) is 13.2. The van der Waals surface area contributed by atoms with Crippen LogP contribution in [0.15, 0.2) is 53.4 Å². The first-order valence-corrected chi connectivity index (χ1v) is 13.7. The number of anilines is 1. The number of rotatable bonds is 6. The smallest absolute Gasteiger partial charge is 0.255 e. The Morgan fingerprint density at radius 3 is 2.18 bits per heavy atom. The molecule has 0 spiro atoms. The Labute approximate surface area is 205 Å². The molecule has 9 heteroatoms. The third kappa shape index (κ3) is 5.98. The predicted molar refractivity (Wildman–Crippen MR) is 132 cm³/mol. The van der Waals surface area contributed by atoms with Gasteiger partial charge in [-0.1, -0.05) is 43.0 Å². The summed E-state index contributed by atoms with van der Waals surface area (Å²) < 4.78 is 28.1. The van der Waals surface area contributed by atoms with Gasteiger partial charge in [-0.25, -0.2) is 13.1 Å². The fraction of sp³-hybridized carbons (Fsp3) is 0.440. The summed E-state index contributed by atoms with van der Waals surface area (Å²) in [6.45, 7) is 0.957. The fourth-order valence-electron chi connectivity index (χ4n) is 4.62. The third-order valence-electron chi connectivity index (χ3n) is 6.62. The molecule has 2 aliphatic rings. The van der Waals surface area contributed by atoms with Gasteiger partial charge in [-0.2, -0.15) is 0 Å². The first kappa shape index (κ1) is 24.7. The Kier molecular flexibility index (Phi) is 7.91. The van der Waals surface area contributed by atoms with Crippen molar-refractivity contribution in [3.63, 3.8) is 0 Å². The number of carbonyl (C=O) groups excluding carboxylic acids is 2. The summed E-state index contributed by atoms with van der Waals surface area (Å²) in [7, 11) is -3.58. The van der Waals surface area contributed by atoms with E-state index >= 15 is 0 Å². The molecule has 2 N–H and O–H groups in total. The molecule has 0 atom stereocenters. The average molecular weight is 504 g/mol. The van der Waals surface area contributed by atoms with E-state index in [-0.39, 0.29) is 28.7 Å². The van der Waals surface area contributed by atoms with Crippen LogP contribution in [0.1, 0.15) is 55.3 Å². The predicted octanol–water partition coefficient (Wildman–Crippen LogP) is 4.44. The Morgan fingerprint density at radius 2 is 1.53 bits per heavy atom. The van der Waals surface area contributed by atoms with Gasteiger partial charge in [0.15, 0.2) is 0 Å². The maximum absolute atomic E-state index is 12.7. The number of nitrogens with zero attached hydrogens (tertiary/aromatic N) is 1. The third-order valence-corrected chi connectivity index (χ3v) is 8.48. The van der Waals surface area contributed by atoms with Crippen molar-refractivity contribution in [1.29, 1.82) is 0 Å². The van der Waals surface area contributed by atoms with E-state index in [1.165, 1.54) is 12.1 Å². The number of likely N-dealkylation sites (tertiary alicyclic amines) is 1. The summed E-state index contributed by atoms with van der Waals surface area (Å²) in [5.74, 6) is -0.462. The van der Waals surface area contributed by atoms with E-state index in [4.69, 9.17) is 11.6 Å². The molecule has 1 aliphatic heterocycles. The molecule has 182 valence electrons. The van der Waals surface area contributed by atoms with Crippen molar-refractivity contribution < 1.29 is 18.0 Å². The second-order valence-corrected chi connectivity index (χ2v) is 11.1. The van der Waals surface area contributed by atoms with E-state index in [0.29, 0.717) is 42.2 Å². The van der Waals surface area contributed by atoms with Crippen LogP contribution >= 0.6 is 11.6 Å². The summed E-state index contributed by atoms with van der Waals surface area (Å²) in [5, 5.41) is 3.30. The van der Waals surface area contributed by atoms with Gasteiger partial charge in [0.1, 0.15) is 0 Å². The SMILES string of the molecule is O=C(Nc1ccc(S(=O)(=O)NC2CCCCC2)cc1)C1CCN(C(=O)c2ccccc2Cl)CC1. The zero-order valence-corrected chi connectivity index (χ0v) is 20.6. The van der Waals surface area contributed by atoms with Gasteiger partial charge in [-0.15, -0.1) is 0 Å². The number of benzene rings is 2. The maximum atomic E-state index is 12.7. The highest BCUT2D eigenvalue weighted by molar-refractivity contribution is 7.89. The molecule has 1 saturated heterocycles. The minimum Gasteiger partial charge on any atom is -0.339 e. The molecule has 1 aliphatic carbocycles. The Morgan fingerprint density at radius 1 is 0.882 bits per heavy atom. The van der Waals surface area contributed by atoms with Crippen molar-refractivity contribution in [2.45, 2.75) is 55.9 Å². The molecule has 2 amide bonds. The molecule has 0 aromatic heterocycles. The van der Waals surface area contributed by atoms with E-state index in [9.17, 15) is 18.0 Å². The number of amides is 2. The molecular weight excluding hydrogens is 474 g/mol. The van der Waals surface area contributed by atoms with Crippen LogP contribution in [-0.2, 0) is 14.8 Å². The quantitative estimate of drug-likeness (QED) is 0.609. The van der Waals surface area contributed by atoms with Gasteiger partial charge in [0.2, 0.25) is 15.9 Å². The number of hydrogen-bond donors (Lipinski definition) is 2. The first-order valence-electron chi connectivity index (χ1n) is 11.8. The van der Waals surface area contributed by atoms with Crippen LogP contribution in [0.4, 0.5) is 5.69 Å². The maximum Gasteiger partial charge on any atom is 0.255 e. The number of nitrogens with one attached hydrogen (secondary N) is 2. The molecule has 0 unspecified atom stereocenters. The van der Waals surface area contributed by atoms with Crippen LogP contribution < -0.4 is 10.0 Å². The van der Waals surface area contributed by atoms with Gasteiger partial charge < -0.3 is 10.2 Å². The Balaban J connectivity index is 1.29. The minimum atomic E-state index is -3.58. The molecule has 1 saturated carbocycles. The highest BCUT2D eigenvalue weighted by Gasteiger charge is 2.29. The number of piperidine rings is 1. The lowest BCUT2D eigenvalue weighted by Crippen LogP contribution is -2.41. The molecule has 2 fully saturated rings. The highest BCUT2D eigenvalue weighted by atomic mass is 35.5. The number of hydrogen-bond acceptors (Lipinski definition) is 4. The summed E-state index contributed by atoms with van der Waals surface area (Å²) >= 11 is 6.14. The van der Waals surface area contributed by atoms with Crippen LogP contribution in [-0.4, -0.2) is 44.3 Å². The van der Waals surface area contributed by atoms with Crippen LogP contribution in [0.25, 0.3) is 0 Å². The van der Waals surface area contributed by atoms with Crippen LogP contribution in [0.5, 0.6) is 0 Å². The number of sulfonamides is 1. The monoisotopic (exact) mass is 503 g/mol. The van der Waals surface area contributed by atoms with Crippen molar-refractivity contribution in [2.24, 2.45) is 5.92 Å². The molecule has 1 heterocycles. The molecule has 0 bridgehead atoms.